The fourth-order valence-corrected chi connectivity index (χ4v) is 5.79. The molecule has 0 radical (unpaired) electrons. The Balaban J connectivity index is 1.40. The van der Waals surface area contributed by atoms with E-state index in [4.69, 9.17) is 21.1 Å². The summed E-state index contributed by atoms with van der Waals surface area (Å²) in [6.07, 6.45) is 2.47. The second kappa shape index (κ2) is 12.2. The molecule has 0 saturated carbocycles. The minimum absolute atomic E-state index is 0.0955. The highest BCUT2D eigenvalue weighted by molar-refractivity contribution is 7.89. The predicted molar refractivity (Wildman–Crippen MR) is 142 cm³/mol. The monoisotopic (exact) mass is 541 g/mol. The maximum Gasteiger partial charge on any atom is 0.258 e. The van der Waals surface area contributed by atoms with Gasteiger partial charge in [-0.25, -0.2) is 13.8 Å². The van der Waals surface area contributed by atoms with Gasteiger partial charge in [0.15, 0.2) is 11.5 Å². The minimum Gasteiger partial charge on any atom is -0.490 e. The van der Waals surface area contributed by atoms with E-state index in [0.717, 1.165) is 5.56 Å². The summed E-state index contributed by atoms with van der Waals surface area (Å²) in [5, 5.41) is 4.49. The number of nitrogens with one attached hydrogen (secondary N) is 1. The molecule has 0 unspecified atom stereocenters. The molecule has 4 rings (SSSR count). The lowest BCUT2D eigenvalue weighted by molar-refractivity contribution is -0.124. The highest BCUT2D eigenvalue weighted by Crippen LogP contribution is 2.29. The predicted octanol–water partition coefficient (Wildman–Crippen LogP) is 4.62. The summed E-state index contributed by atoms with van der Waals surface area (Å²) in [7, 11) is -3.84. The molecule has 1 heterocycles. The zero-order valence-electron chi connectivity index (χ0n) is 20.3. The van der Waals surface area contributed by atoms with E-state index in [-0.39, 0.29) is 11.4 Å². The summed E-state index contributed by atoms with van der Waals surface area (Å²) in [5.74, 6) is 0.671. The SMILES string of the molecule is CCOc1cc(/C=N\NC(=O)[C@@H]2CCCN2S(=O)(=O)c2ccc(Cl)cc2)ccc1OCc1ccccc1. The quantitative estimate of drug-likeness (QED) is 0.298. The van der Waals surface area contributed by atoms with Crippen LogP contribution in [0.3, 0.4) is 0 Å². The Morgan fingerprint density at radius 1 is 1.08 bits per heavy atom. The molecule has 1 amide bonds. The van der Waals surface area contributed by atoms with Crippen molar-refractivity contribution >= 4 is 33.7 Å². The molecule has 194 valence electrons. The number of hydrazone groups is 1. The number of carbonyl (C=O) groups is 1. The van der Waals surface area contributed by atoms with E-state index >= 15 is 0 Å². The van der Waals surface area contributed by atoms with Crippen molar-refractivity contribution in [1.29, 1.82) is 0 Å². The average Bonchev–Trinajstić information content (AvgIpc) is 3.41. The molecule has 3 aromatic carbocycles. The molecule has 0 aliphatic carbocycles. The van der Waals surface area contributed by atoms with Gasteiger partial charge in [0.25, 0.3) is 5.91 Å². The molecule has 0 bridgehead atoms. The topological polar surface area (TPSA) is 97.3 Å². The van der Waals surface area contributed by atoms with Gasteiger partial charge in [-0.1, -0.05) is 41.9 Å². The van der Waals surface area contributed by atoms with Crippen LogP contribution in [0.1, 0.15) is 30.9 Å². The summed E-state index contributed by atoms with van der Waals surface area (Å²) in [4.78, 5) is 12.9. The van der Waals surface area contributed by atoms with Gasteiger partial charge in [0.05, 0.1) is 17.7 Å². The van der Waals surface area contributed by atoms with Crippen LogP contribution >= 0.6 is 11.6 Å². The van der Waals surface area contributed by atoms with Crippen LogP contribution < -0.4 is 14.9 Å². The summed E-state index contributed by atoms with van der Waals surface area (Å²) < 4.78 is 39.0. The number of hydrogen-bond acceptors (Lipinski definition) is 6. The first kappa shape index (κ1) is 26.7. The fraction of sp³-hybridized carbons (Fsp3) is 0.259. The van der Waals surface area contributed by atoms with Crippen molar-refractivity contribution in [1.82, 2.24) is 9.73 Å². The van der Waals surface area contributed by atoms with Crippen LogP contribution in [-0.4, -0.2) is 44.0 Å². The molecule has 1 fully saturated rings. The van der Waals surface area contributed by atoms with E-state index < -0.39 is 22.0 Å². The van der Waals surface area contributed by atoms with Gasteiger partial charge < -0.3 is 9.47 Å². The first-order valence-electron chi connectivity index (χ1n) is 11.9. The number of nitrogens with zero attached hydrogens (tertiary/aromatic N) is 2. The standard InChI is InChI=1S/C27H28ClN3O5S/c1-2-35-26-17-21(10-15-25(26)36-19-20-7-4-3-5-8-20)18-29-30-27(32)24-9-6-16-31(24)37(33,34)23-13-11-22(28)12-14-23/h3-5,7-8,10-15,17-18,24H,2,6,9,16,19H2,1H3,(H,30,32)/b29-18-/t24-/m0/s1. The second-order valence-corrected chi connectivity index (χ2v) is 10.7. The third-order valence-electron chi connectivity index (χ3n) is 5.82. The third kappa shape index (κ3) is 6.68. The van der Waals surface area contributed by atoms with Crippen LogP contribution in [0.15, 0.2) is 82.8 Å². The minimum atomic E-state index is -3.84. The van der Waals surface area contributed by atoms with Crippen molar-refractivity contribution in [3.05, 3.63) is 88.9 Å². The normalized spacial score (nSPS) is 16.1. The molecular weight excluding hydrogens is 514 g/mol. The van der Waals surface area contributed by atoms with E-state index in [9.17, 15) is 13.2 Å². The number of hydrogen-bond donors (Lipinski definition) is 1. The van der Waals surface area contributed by atoms with Gasteiger partial charge in [-0.15, -0.1) is 0 Å². The maximum absolute atomic E-state index is 13.1. The van der Waals surface area contributed by atoms with Crippen LogP contribution in [-0.2, 0) is 21.4 Å². The largest absolute Gasteiger partial charge is 0.490 e. The molecule has 1 saturated heterocycles. The van der Waals surface area contributed by atoms with Gasteiger partial charge in [-0.3, -0.25) is 4.79 Å². The second-order valence-electron chi connectivity index (χ2n) is 8.38. The van der Waals surface area contributed by atoms with Gasteiger partial charge >= 0.3 is 0 Å². The zero-order chi connectivity index (χ0) is 26.3. The van der Waals surface area contributed by atoms with E-state index in [0.29, 0.717) is 48.1 Å². The molecule has 37 heavy (non-hydrogen) atoms. The van der Waals surface area contributed by atoms with E-state index in [1.54, 1.807) is 18.2 Å². The molecule has 10 heteroatoms. The number of carbonyl (C=O) groups excluding carboxylic acids is 1. The Kier molecular flexibility index (Phi) is 8.81. The Hall–Kier alpha value is -3.40. The first-order chi connectivity index (χ1) is 17.9. The number of amides is 1. The van der Waals surface area contributed by atoms with Crippen molar-refractivity contribution < 1.29 is 22.7 Å². The summed E-state index contributed by atoms with van der Waals surface area (Å²) in [6, 6.07) is 20.2. The lowest BCUT2D eigenvalue weighted by Gasteiger charge is -2.22. The van der Waals surface area contributed by atoms with Gasteiger partial charge in [0.1, 0.15) is 12.6 Å². The van der Waals surface area contributed by atoms with E-state index in [1.165, 1.54) is 34.8 Å². The highest BCUT2D eigenvalue weighted by Gasteiger charge is 2.39. The maximum atomic E-state index is 13.1. The number of rotatable bonds is 10. The lowest BCUT2D eigenvalue weighted by atomic mass is 10.2. The number of benzene rings is 3. The number of ether oxygens (including phenoxy) is 2. The Morgan fingerprint density at radius 2 is 1.84 bits per heavy atom. The van der Waals surface area contributed by atoms with Crippen LogP contribution in [0, 0.1) is 0 Å². The smallest absolute Gasteiger partial charge is 0.258 e. The van der Waals surface area contributed by atoms with Crippen LogP contribution in [0.25, 0.3) is 0 Å². The molecule has 1 N–H and O–H groups in total. The molecule has 1 aliphatic rings. The van der Waals surface area contributed by atoms with Crippen LogP contribution in [0.2, 0.25) is 5.02 Å². The molecule has 1 aliphatic heterocycles. The average molecular weight is 542 g/mol. The summed E-state index contributed by atoms with van der Waals surface area (Å²) in [6.45, 7) is 3.00. The molecular formula is C27H28ClN3O5S. The Bertz CT molecular complexity index is 1350. The molecule has 8 nitrogen and oxygen atoms in total. The molecule has 0 aromatic heterocycles. The van der Waals surface area contributed by atoms with E-state index in [1.807, 2.05) is 37.3 Å². The van der Waals surface area contributed by atoms with Crippen LogP contribution in [0.5, 0.6) is 11.5 Å². The Morgan fingerprint density at radius 3 is 2.57 bits per heavy atom. The number of halogens is 1. The van der Waals surface area contributed by atoms with Crippen molar-refractivity contribution in [2.45, 2.75) is 37.3 Å². The molecule has 0 spiro atoms. The molecule has 3 aromatic rings. The van der Waals surface area contributed by atoms with Gasteiger partial charge in [0.2, 0.25) is 10.0 Å². The van der Waals surface area contributed by atoms with Crippen molar-refractivity contribution in [3.63, 3.8) is 0 Å². The zero-order valence-corrected chi connectivity index (χ0v) is 21.9. The van der Waals surface area contributed by atoms with E-state index in [2.05, 4.69) is 10.5 Å². The van der Waals surface area contributed by atoms with Crippen LogP contribution in [0.4, 0.5) is 0 Å². The van der Waals surface area contributed by atoms with Gasteiger partial charge in [-0.05, 0) is 73.4 Å². The summed E-state index contributed by atoms with van der Waals surface area (Å²) in [5.41, 5.74) is 4.21. The fourth-order valence-electron chi connectivity index (χ4n) is 4.00. The highest BCUT2D eigenvalue weighted by atomic mass is 35.5. The van der Waals surface area contributed by atoms with Gasteiger partial charge in [-0.2, -0.15) is 9.41 Å². The third-order valence-corrected chi connectivity index (χ3v) is 7.99. The number of sulfonamides is 1. The summed E-state index contributed by atoms with van der Waals surface area (Å²) >= 11 is 5.88. The Labute approximate surface area is 221 Å². The lowest BCUT2D eigenvalue weighted by Crippen LogP contribution is -2.44. The van der Waals surface area contributed by atoms with Crippen molar-refractivity contribution in [3.8, 4) is 11.5 Å². The van der Waals surface area contributed by atoms with Crippen molar-refractivity contribution in [2.24, 2.45) is 5.10 Å². The van der Waals surface area contributed by atoms with Crippen molar-refractivity contribution in [2.75, 3.05) is 13.2 Å². The first-order valence-corrected chi connectivity index (χ1v) is 13.7. The van der Waals surface area contributed by atoms with Gasteiger partial charge in [0, 0.05) is 11.6 Å². The molecule has 1 atom stereocenters.